The van der Waals surface area contributed by atoms with E-state index < -0.39 is 0 Å². The van der Waals surface area contributed by atoms with Gasteiger partial charge in [-0.25, -0.2) is 0 Å². The Balaban J connectivity index is 1.41. The van der Waals surface area contributed by atoms with Crippen LogP contribution in [0.5, 0.6) is 0 Å². The Labute approximate surface area is 218 Å². The number of para-hydroxylation sites is 2. The van der Waals surface area contributed by atoms with Gasteiger partial charge in [-0.15, -0.1) is 0 Å². The van der Waals surface area contributed by atoms with Crippen molar-refractivity contribution in [2.45, 2.75) is 0 Å². The highest BCUT2D eigenvalue weighted by atomic mass is 79.9. The Morgan fingerprint density at radius 1 is 0.417 bits per heavy atom. The molecule has 0 fully saturated rings. The van der Waals surface area contributed by atoms with Crippen molar-refractivity contribution >= 4 is 48.5 Å². The summed E-state index contributed by atoms with van der Waals surface area (Å²) >= 11 is 3.71. The van der Waals surface area contributed by atoms with Gasteiger partial charge in [-0.05, 0) is 75.5 Å². The van der Waals surface area contributed by atoms with Crippen LogP contribution in [0.3, 0.4) is 0 Å². The normalized spacial score (nSPS) is 11.5. The highest BCUT2D eigenvalue weighted by Crippen LogP contribution is 2.37. The Bertz CT molecular complexity index is 1900. The summed E-state index contributed by atoms with van der Waals surface area (Å²) in [7, 11) is 0. The second-order valence-corrected chi connectivity index (χ2v) is 10.00. The second-order valence-electron chi connectivity index (χ2n) is 9.14. The van der Waals surface area contributed by atoms with Crippen molar-refractivity contribution in [3.63, 3.8) is 0 Å². The van der Waals surface area contributed by atoms with Crippen molar-refractivity contribution in [2.75, 3.05) is 0 Å². The molecule has 1 nitrogen and oxygen atoms in total. The molecule has 7 aromatic rings. The molecule has 2 heteroatoms. The van der Waals surface area contributed by atoms with E-state index in [0.29, 0.717) is 0 Å². The standard InChI is InChI=1S/C34H22BrN/c35-32-19-18-27(28-13-4-5-14-29(28)32)25-10-8-9-23(21-25)24-17-20-34-31(22-24)30-15-6-7-16-33(30)36(34)26-11-2-1-3-12-26/h1-22H. The van der Waals surface area contributed by atoms with Gasteiger partial charge in [0.05, 0.1) is 11.0 Å². The molecule has 1 heterocycles. The minimum Gasteiger partial charge on any atom is -0.309 e. The molecule has 36 heavy (non-hydrogen) atoms. The molecule has 1 aromatic heterocycles. The van der Waals surface area contributed by atoms with E-state index >= 15 is 0 Å². The van der Waals surface area contributed by atoms with E-state index in [2.05, 4.69) is 154 Å². The number of rotatable bonds is 3. The monoisotopic (exact) mass is 523 g/mol. The van der Waals surface area contributed by atoms with Crippen molar-refractivity contribution in [1.29, 1.82) is 0 Å². The SMILES string of the molecule is Brc1ccc(-c2cccc(-c3ccc4c(c3)c3ccccc3n4-c3ccccc3)c2)c2ccccc12. The van der Waals surface area contributed by atoms with E-state index in [-0.39, 0.29) is 0 Å². The Morgan fingerprint density at radius 3 is 1.94 bits per heavy atom. The Hall–Kier alpha value is -4.14. The number of nitrogens with zero attached hydrogens (tertiary/aromatic N) is 1. The summed E-state index contributed by atoms with van der Waals surface area (Å²) in [6, 6.07) is 48.0. The van der Waals surface area contributed by atoms with E-state index in [0.717, 1.165) is 4.47 Å². The summed E-state index contributed by atoms with van der Waals surface area (Å²) in [5, 5.41) is 5.03. The zero-order chi connectivity index (χ0) is 24.1. The lowest BCUT2D eigenvalue weighted by molar-refractivity contribution is 1.18. The van der Waals surface area contributed by atoms with E-state index in [1.165, 1.54) is 60.5 Å². The van der Waals surface area contributed by atoms with Crippen LogP contribution in [0, 0.1) is 0 Å². The molecule has 6 aromatic carbocycles. The molecule has 0 amide bonds. The first-order valence-electron chi connectivity index (χ1n) is 12.1. The molecule has 170 valence electrons. The number of aromatic nitrogens is 1. The van der Waals surface area contributed by atoms with Gasteiger partial charge >= 0.3 is 0 Å². The average Bonchev–Trinajstić information content (AvgIpc) is 3.28. The molecule has 0 N–H and O–H groups in total. The summed E-state index contributed by atoms with van der Waals surface area (Å²) in [4.78, 5) is 0. The molecule has 0 bridgehead atoms. The third-order valence-electron chi connectivity index (χ3n) is 7.06. The highest BCUT2D eigenvalue weighted by molar-refractivity contribution is 9.10. The maximum atomic E-state index is 3.71. The van der Waals surface area contributed by atoms with Crippen LogP contribution in [0.15, 0.2) is 138 Å². The molecule has 0 aliphatic heterocycles. The highest BCUT2D eigenvalue weighted by Gasteiger charge is 2.13. The molecule has 0 atom stereocenters. The van der Waals surface area contributed by atoms with Crippen molar-refractivity contribution < 1.29 is 0 Å². The van der Waals surface area contributed by atoms with Crippen LogP contribution < -0.4 is 0 Å². The molecular formula is C34H22BrN. The van der Waals surface area contributed by atoms with E-state index in [1.54, 1.807) is 0 Å². The first-order valence-corrected chi connectivity index (χ1v) is 12.9. The maximum Gasteiger partial charge on any atom is 0.0541 e. The lowest BCUT2D eigenvalue weighted by atomic mass is 9.95. The third kappa shape index (κ3) is 3.37. The molecule has 0 aliphatic carbocycles. The Kier molecular flexibility index (Phi) is 5.00. The zero-order valence-corrected chi connectivity index (χ0v) is 21.1. The fraction of sp³-hybridized carbons (Fsp3) is 0. The van der Waals surface area contributed by atoms with Gasteiger partial charge in [-0.2, -0.15) is 0 Å². The van der Waals surface area contributed by atoms with Crippen molar-refractivity contribution in [3.8, 4) is 27.9 Å². The van der Waals surface area contributed by atoms with Crippen molar-refractivity contribution in [1.82, 2.24) is 4.57 Å². The summed E-state index contributed by atoms with van der Waals surface area (Å²) in [6.07, 6.45) is 0. The molecule has 7 rings (SSSR count). The fourth-order valence-corrected chi connectivity index (χ4v) is 5.87. The zero-order valence-electron chi connectivity index (χ0n) is 19.5. The van der Waals surface area contributed by atoms with Crippen LogP contribution in [0.4, 0.5) is 0 Å². The maximum absolute atomic E-state index is 3.71. The summed E-state index contributed by atoms with van der Waals surface area (Å²) < 4.78 is 3.48. The fourth-order valence-electron chi connectivity index (χ4n) is 5.39. The number of halogens is 1. The largest absolute Gasteiger partial charge is 0.309 e. The lowest BCUT2D eigenvalue weighted by Gasteiger charge is -2.11. The van der Waals surface area contributed by atoms with Crippen LogP contribution in [0.25, 0.3) is 60.5 Å². The van der Waals surface area contributed by atoms with Gasteiger partial charge in [0.1, 0.15) is 0 Å². The average molecular weight is 524 g/mol. The van der Waals surface area contributed by atoms with Gasteiger partial charge in [0.15, 0.2) is 0 Å². The van der Waals surface area contributed by atoms with Crippen LogP contribution in [0.2, 0.25) is 0 Å². The van der Waals surface area contributed by atoms with E-state index in [1.807, 2.05) is 0 Å². The molecule has 0 saturated heterocycles. The van der Waals surface area contributed by atoms with Crippen LogP contribution >= 0.6 is 15.9 Å². The minimum atomic E-state index is 1.12. The molecule has 0 spiro atoms. The van der Waals surface area contributed by atoms with Gasteiger partial charge in [0.2, 0.25) is 0 Å². The molecular weight excluding hydrogens is 502 g/mol. The summed E-state index contributed by atoms with van der Waals surface area (Å²) in [5.74, 6) is 0. The van der Waals surface area contributed by atoms with Crippen molar-refractivity contribution in [3.05, 3.63) is 138 Å². The minimum absolute atomic E-state index is 1.12. The molecule has 0 radical (unpaired) electrons. The topological polar surface area (TPSA) is 4.93 Å². The first kappa shape index (κ1) is 21.2. The second kappa shape index (κ2) is 8.51. The van der Waals surface area contributed by atoms with Crippen LogP contribution in [-0.2, 0) is 0 Å². The van der Waals surface area contributed by atoms with E-state index in [9.17, 15) is 0 Å². The van der Waals surface area contributed by atoms with Crippen molar-refractivity contribution in [2.24, 2.45) is 0 Å². The Morgan fingerprint density at radius 2 is 1.08 bits per heavy atom. The summed E-state index contributed by atoms with van der Waals surface area (Å²) in [5.41, 5.74) is 8.55. The predicted octanol–water partition coefficient (Wildman–Crippen LogP) is 10.0. The third-order valence-corrected chi connectivity index (χ3v) is 7.76. The number of benzene rings is 6. The molecule has 0 aliphatic rings. The van der Waals surface area contributed by atoms with Gasteiger partial charge in [-0.1, -0.05) is 107 Å². The number of hydrogen-bond acceptors (Lipinski definition) is 0. The summed E-state index contributed by atoms with van der Waals surface area (Å²) in [6.45, 7) is 0. The van der Waals surface area contributed by atoms with Gasteiger partial charge in [-0.3, -0.25) is 0 Å². The van der Waals surface area contributed by atoms with Gasteiger partial charge < -0.3 is 4.57 Å². The molecule has 0 saturated carbocycles. The lowest BCUT2D eigenvalue weighted by Crippen LogP contribution is -1.92. The van der Waals surface area contributed by atoms with Gasteiger partial charge in [0.25, 0.3) is 0 Å². The number of hydrogen-bond donors (Lipinski definition) is 0. The van der Waals surface area contributed by atoms with Crippen LogP contribution in [0.1, 0.15) is 0 Å². The molecule has 0 unspecified atom stereocenters. The quantitative estimate of drug-likeness (QED) is 0.217. The van der Waals surface area contributed by atoms with Gasteiger partial charge in [0, 0.05) is 20.9 Å². The number of fused-ring (bicyclic) bond motifs is 4. The first-order chi connectivity index (χ1) is 17.8. The van der Waals surface area contributed by atoms with E-state index in [4.69, 9.17) is 0 Å². The smallest absolute Gasteiger partial charge is 0.0541 e. The predicted molar refractivity (Wildman–Crippen MR) is 157 cm³/mol. The van der Waals surface area contributed by atoms with Crippen LogP contribution in [-0.4, -0.2) is 4.57 Å².